The zero-order valence-corrected chi connectivity index (χ0v) is 13.5. The molecule has 0 aliphatic rings. The highest BCUT2D eigenvalue weighted by atomic mass is 32.1. The Kier molecular flexibility index (Phi) is 4.12. The number of carbonyl (C=O) groups excluding carboxylic acids is 1. The number of rotatable bonds is 4. The van der Waals surface area contributed by atoms with Crippen LogP contribution in [0.2, 0.25) is 0 Å². The van der Waals surface area contributed by atoms with Crippen LogP contribution in [-0.2, 0) is 4.79 Å². The molecule has 7 heteroatoms. The van der Waals surface area contributed by atoms with E-state index in [0.29, 0.717) is 16.4 Å². The normalized spacial score (nSPS) is 10.7. The number of ether oxygens (including phenoxy) is 1. The second kappa shape index (κ2) is 6.21. The number of para-hydroxylation sites is 1. The first kappa shape index (κ1) is 15.2. The molecule has 0 aliphatic carbocycles. The Morgan fingerprint density at radius 3 is 2.87 bits per heavy atom. The number of pyridine rings is 1. The lowest BCUT2D eigenvalue weighted by Crippen LogP contribution is -2.20. The van der Waals surface area contributed by atoms with Crippen LogP contribution in [0.5, 0.6) is 5.75 Å². The van der Waals surface area contributed by atoms with Crippen LogP contribution in [0.1, 0.15) is 10.6 Å². The van der Waals surface area contributed by atoms with Crippen LogP contribution < -0.4 is 15.6 Å². The van der Waals surface area contributed by atoms with Crippen molar-refractivity contribution < 1.29 is 9.53 Å². The van der Waals surface area contributed by atoms with Crippen LogP contribution in [0, 0.1) is 13.8 Å². The fourth-order valence-electron chi connectivity index (χ4n) is 2.10. The van der Waals surface area contributed by atoms with Crippen LogP contribution in [0.15, 0.2) is 35.1 Å². The van der Waals surface area contributed by atoms with Gasteiger partial charge in [-0.3, -0.25) is 14.9 Å². The number of nitrogens with one attached hydrogen (secondary N) is 2. The SMILES string of the molecule is Cc1nc(NC(=O)COc2cccc3ccc(=O)[nH]c23)sc1C. The van der Waals surface area contributed by atoms with Gasteiger partial charge in [0.1, 0.15) is 5.75 Å². The minimum atomic E-state index is -0.297. The number of benzene rings is 1. The first-order chi connectivity index (χ1) is 11.0. The van der Waals surface area contributed by atoms with Crippen LogP contribution in [0.3, 0.4) is 0 Å². The molecule has 23 heavy (non-hydrogen) atoms. The standard InChI is InChI=1S/C16H15N3O3S/c1-9-10(2)23-16(17-9)19-14(21)8-22-12-5-3-4-11-6-7-13(20)18-15(11)12/h3-7H,8H2,1-2H3,(H,18,20)(H,17,19,21). The first-order valence-electron chi connectivity index (χ1n) is 7.01. The summed E-state index contributed by atoms with van der Waals surface area (Å²) >= 11 is 1.42. The van der Waals surface area contributed by atoms with Crippen molar-refractivity contribution in [2.75, 3.05) is 11.9 Å². The summed E-state index contributed by atoms with van der Waals surface area (Å²) in [5.41, 5.74) is 1.26. The van der Waals surface area contributed by atoms with E-state index in [1.54, 1.807) is 18.2 Å². The molecule has 2 heterocycles. The number of carbonyl (C=O) groups is 1. The molecule has 0 aliphatic heterocycles. The molecule has 0 radical (unpaired) electrons. The fraction of sp³-hybridized carbons (Fsp3) is 0.188. The van der Waals surface area contributed by atoms with E-state index in [4.69, 9.17) is 4.74 Å². The Hall–Kier alpha value is -2.67. The third-order valence-electron chi connectivity index (χ3n) is 3.35. The Balaban J connectivity index is 1.72. The molecule has 3 rings (SSSR count). The Morgan fingerprint density at radius 2 is 2.13 bits per heavy atom. The maximum Gasteiger partial charge on any atom is 0.264 e. The Morgan fingerprint density at radius 1 is 1.30 bits per heavy atom. The Labute approximate surface area is 136 Å². The summed E-state index contributed by atoms with van der Waals surface area (Å²) in [4.78, 5) is 31.5. The van der Waals surface area contributed by atoms with Crippen LogP contribution >= 0.6 is 11.3 Å². The van der Waals surface area contributed by atoms with E-state index in [0.717, 1.165) is 16.0 Å². The minimum Gasteiger partial charge on any atom is -0.482 e. The second-order valence-corrected chi connectivity index (χ2v) is 6.24. The van der Waals surface area contributed by atoms with Gasteiger partial charge in [0.25, 0.3) is 5.91 Å². The molecule has 1 aromatic carbocycles. The van der Waals surface area contributed by atoms with E-state index in [1.165, 1.54) is 17.4 Å². The molecular formula is C16H15N3O3S. The van der Waals surface area contributed by atoms with E-state index in [-0.39, 0.29) is 18.1 Å². The second-order valence-electron chi connectivity index (χ2n) is 5.04. The van der Waals surface area contributed by atoms with Crippen LogP contribution in [0.4, 0.5) is 5.13 Å². The maximum absolute atomic E-state index is 12.0. The molecule has 0 bridgehead atoms. The largest absolute Gasteiger partial charge is 0.482 e. The number of thiazole rings is 1. The summed E-state index contributed by atoms with van der Waals surface area (Å²) in [6.07, 6.45) is 0. The van der Waals surface area contributed by atoms with E-state index < -0.39 is 0 Å². The van der Waals surface area contributed by atoms with Gasteiger partial charge in [-0.15, -0.1) is 11.3 Å². The summed E-state index contributed by atoms with van der Waals surface area (Å²) in [6.45, 7) is 3.68. The van der Waals surface area contributed by atoms with Crippen molar-refractivity contribution >= 4 is 33.3 Å². The number of aryl methyl sites for hydroxylation is 2. The summed E-state index contributed by atoms with van der Waals surface area (Å²) < 4.78 is 5.54. The molecule has 1 amide bonds. The van der Waals surface area contributed by atoms with Gasteiger partial charge in [-0.25, -0.2) is 4.98 Å². The predicted molar refractivity (Wildman–Crippen MR) is 90.3 cm³/mol. The maximum atomic E-state index is 12.0. The van der Waals surface area contributed by atoms with Crippen molar-refractivity contribution in [3.05, 3.63) is 51.3 Å². The lowest BCUT2D eigenvalue weighted by molar-refractivity contribution is -0.118. The van der Waals surface area contributed by atoms with Gasteiger partial charge in [0, 0.05) is 16.3 Å². The van der Waals surface area contributed by atoms with Crippen LogP contribution in [0.25, 0.3) is 10.9 Å². The summed E-state index contributed by atoms with van der Waals surface area (Å²) in [5.74, 6) is 0.163. The van der Waals surface area contributed by atoms with Gasteiger partial charge in [0.05, 0.1) is 11.2 Å². The number of aromatic amines is 1. The molecule has 0 saturated heterocycles. The molecule has 6 nitrogen and oxygen atoms in total. The van der Waals surface area contributed by atoms with Gasteiger partial charge >= 0.3 is 0 Å². The first-order valence-corrected chi connectivity index (χ1v) is 7.83. The minimum absolute atomic E-state index is 0.159. The number of hydrogen-bond donors (Lipinski definition) is 2. The molecule has 3 aromatic rings. The molecular weight excluding hydrogens is 314 g/mol. The number of hydrogen-bond acceptors (Lipinski definition) is 5. The third-order valence-corrected chi connectivity index (χ3v) is 4.34. The summed E-state index contributed by atoms with van der Waals surface area (Å²) in [6, 6.07) is 8.54. The van der Waals surface area contributed by atoms with E-state index >= 15 is 0 Å². The topological polar surface area (TPSA) is 84.1 Å². The van der Waals surface area contributed by atoms with Crippen molar-refractivity contribution in [3.8, 4) is 5.75 Å². The number of amides is 1. The molecule has 0 saturated carbocycles. The number of aromatic nitrogens is 2. The molecule has 0 unspecified atom stereocenters. The van der Waals surface area contributed by atoms with E-state index in [1.807, 2.05) is 19.9 Å². The monoisotopic (exact) mass is 329 g/mol. The smallest absolute Gasteiger partial charge is 0.264 e. The average Bonchev–Trinajstić information content (AvgIpc) is 2.83. The van der Waals surface area contributed by atoms with E-state index in [2.05, 4.69) is 15.3 Å². The lowest BCUT2D eigenvalue weighted by atomic mass is 10.2. The Bertz CT molecular complexity index is 910. The number of anilines is 1. The zero-order valence-electron chi connectivity index (χ0n) is 12.7. The number of nitrogens with zero attached hydrogens (tertiary/aromatic N) is 1. The van der Waals surface area contributed by atoms with E-state index in [9.17, 15) is 9.59 Å². The summed E-state index contributed by atoms with van der Waals surface area (Å²) in [5, 5.41) is 4.10. The van der Waals surface area contributed by atoms with Gasteiger partial charge in [0.2, 0.25) is 5.56 Å². The highest BCUT2D eigenvalue weighted by molar-refractivity contribution is 7.15. The molecule has 118 valence electrons. The van der Waals surface area contributed by atoms with Crippen molar-refractivity contribution in [2.24, 2.45) is 0 Å². The summed E-state index contributed by atoms with van der Waals surface area (Å²) in [7, 11) is 0. The molecule has 2 N–H and O–H groups in total. The number of H-pyrrole nitrogens is 1. The highest BCUT2D eigenvalue weighted by Crippen LogP contribution is 2.23. The molecule has 2 aromatic heterocycles. The van der Waals surface area contributed by atoms with Crippen molar-refractivity contribution in [1.82, 2.24) is 9.97 Å². The quantitative estimate of drug-likeness (QED) is 0.770. The fourth-order valence-corrected chi connectivity index (χ4v) is 2.93. The predicted octanol–water partition coefficient (Wildman–Crippen LogP) is 2.62. The van der Waals surface area contributed by atoms with Crippen molar-refractivity contribution in [3.63, 3.8) is 0 Å². The third kappa shape index (κ3) is 3.40. The van der Waals surface area contributed by atoms with Crippen molar-refractivity contribution in [1.29, 1.82) is 0 Å². The van der Waals surface area contributed by atoms with Gasteiger partial charge in [-0.1, -0.05) is 12.1 Å². The van der Waals surface area contributed by atoms with Gasteiger partial charge in [0.15, 0.2) is 11.7 Å². The average molecular weight is 329 g/mol. The zero-order chi connectivity index (χ0) is 16.4. The van der Waals surface area contributed by atoms with Gasteiger partial charge < -0.3 is 9.72 Å². The molecule has 0 spiro atoms. The lowest BCUT2D eigenvalue weighted by Gasteiger charge is -2.08. The van der Waals surface area contributed by atoms with Gasteiger partial charge in [-0.2, -0.15) is 0 Å². The van der Waals surface area contributed by atoms with Crippen molar-refractivity contribution in [2.45, 2.75) is 13.8 Å². The van der Waals surface area contributed by atoms with Crippen LogP contribution in [-0.4, -0.2) is 22.5 Å². The number of fused-ring (bicyclic) bond motifs is 1. The van der Waals surface area contributed by atoms with Gasteiger partial charge in [-0.05, 0) is 26.0 Å². The highest BCUT2D eigenvalue weighted by Gasteiger charge is 2.10. The molecule has 0 fully saturated rings. The molecule has 0 atom stereocenters.